The molecular formula is C16H14FNS. The molecule has 1 N–H and O–H groups in total. The van der Waals surface area contributed by atoms with Gasteiger partial charge >= 0.3 is 0 Å². The molecule has 0 fully saturated rings. The molecule has 3 aromatic rings. The third-order valence-electron chi connectivity index (χ3n) is 3.17. The summed E-state index contributed by atoms with van der Waals surface area (Å²) in [6, 6.07) is 13.7. The van der Waals surface area contributed by atoms with E-state index in [1.165, 1.54) is 16.2 Å². The van der Waals surface area contributed by atoms with E-state index in [0.29, 0.717) is 12.1 Å². The standard InChI is InChI=1S/C16H14FNS/c1-11-8-12(2-4-15(11)17)10-18-14-3-5-16-13(9-14)6-7-19-16/h2-9,18H,10H2,1H3. The largest absolute Gasteiger partial charge is 0.381 e. The molecule has 0 radical (unpaired) electrons. The van der Waals surface area contributed by atoms with E-state index in [1.54, 1.807) is 18.3 Å². The molecule has 0 aliphatic carbocycles. The molecule has 0 bridgehead atoms. The summed E-state index contributed by atoms with van der Waals surface area (Å²) in [7, 11) is 0. The van der Waals surface area contributed by atoms with Crippen LogP contribution in [0.4, 0.5) is 10.1 Å². The predicted octanol–water partition coefficient (Wildman–Crippen LogP) is 4.96. The molecule has 3 heteroatoms. The molecule has 0 saturated heterocycles. The number of aryl methyl sites for hydroxylation is 1. The molecule has 3 rings (SSSR count). The number of anilines is 1. The Kier molecular flexibility index (Phi) is 3.22. The van der Waals surface area contributed by atoms with E-state index in [0.717, 1.165) is 11.3 Å². The van der Waals surface area contributed by atoms with Gasteiger partial charge in [0, 0.05) is 16.9 Å². The van der Waals surface area contributed by atoms with Crippen LogP contribution in [0.3, 0.4) is 0 Å². The van der Waals surface area contributed by atoms with Crippen LogP contribution in [0.5, 0.6) is 0 Å². The summed E-state index contributed by atoms with van der Waals surface area (Å²) in [5, 5.41) is 6.72. The van der Waals surface area contributed by atoms with Crippen molar-refractivity contribution in [3.8, 4) is 0 Å². The van der Waals surface area contributed by atoms with Crippen LogP contribution < -0.4 is 5.32 Å². The average Bonchev–Trinajstić information content (AvgIpc) is 2.87. The third kappa shape index (κ3) is 2.61. The number of thiophene rings is 1. The van der Waals surface area contributed by atoms with Gasteiger partial charge < -0.3 is 5.32 Å². The summed E-state index contributed by atoms with van der Waals surface area (Å²) in [6.07, 6.45) is 0. The minimum atomic E-state index is -0.150. The van der Waals surface area contributed by atoms with Gasteiger partial charge in [-0.3, -0.25) is 0 Å². The van der Waals surface area contributed by atoms with Crippen molar-refractivity contribution in [3.05, 3.63) is 64.8 Å². The maximum Gasteiger partial charge on any atom is 0.126 e. The smallest absolute Gasteiger partial charge is 0.126 e. The van der Waals surface area contributed by atoms with Gasteiger partial charge in [0.2, 0.25) is 0 Å². The first-order chi connectivity index (χ1) is 9.22. The number of halogens is 1. The molecule has 0 unspecified atom stereocenters. The highest BCUT2D eigenvalue weighted by molar-refractivity contribution is 7.17. The van der Waals surface area contributed by atoms with Gasteiger partial charge in [-0.15, -0.1) is 11.3 Å². The summed E-state index contributed by atoms with van der Waals surface area (Å²) in [5.74, 6) is -0.150. The molecule has 0 atom stereocenters. The van der Waals surface area contributed by atoms with Gasteiger partial charge in [-0.05, 0) is 59.1 Å². The maximum atomic E-state index is 13.2. The minimum Gasteiger partial charge on any atom is -0.381 e. The molecule has 0 aliphatic rings. The average molecular weight is 271 g/mol. The van der Waals surface area contributed by atoms with Crippen LogP contribution in [0.15, 0.2) is 47.8 Å². The number of benzene rings is 2. The summed E-state index contributed by atoms with van der Waals surface area (Å²) < 4.78 is 14.5. The Bertz CT molecular complexity index is 718. The molecule has 1 nitrogen and oxygen atoms in total. The van der Waals surface area contributed by atoms with Crippen molar-refractivity contribution in [3.63, 3.8) is 0 Å². The van der Waals surface area contributed by atoms with E-state index in [9.17, 15) is 4.39 Å². The van der Waals surface area contributed by atoms with Gasteiger partial charge in [0.15, 0.2) is 0 Å². The maximum absolute atomic E-state index is 13.2. The Morgan fingerprint density at radius 3 is 2.84 bits per heavy atom. The zero-order chi connectivity index (χ0) is 13.2. The lowest BCUT2D eigenvalue weighted by atomic mass is 10.1. The van der Waals surface area contributed by atoms with E-state index >= 15 is 0 Å². The van der Waals surface area contributed by atoms with Crippen LogP contribution in [0.1, 0.15) is 11.1 Å². The second kappa shape index (κ2) is 5.02. The van der Waals surface area contributed by atoms with Gasteiger partial charge in [-0.25, -0.2) is 4.39 Å². The van der Waals surface area contributed by atoms with E-state index in [1.807, 2.05) is 12.1 Å². The second-order valence-corrected chi connectivity index (χ2v) is 5.56. The second-order valence-electron chi connectivity index (χ2n) is 4.61. The Morgan fingerprint density at radius 2 is 2.00 bits per heavy atom. The van der Waals surface area contributed by atoms with E-state index in [2.05, 4.69) is 35.0 Å². The van der Waals surface area contributed by atoms with Gasteiger partial charge in [-0.1, -0.05) is 12.1 Å². The lowest BCUT2D eigenvalue weighted by Crippen LogP contribution is -2.00. The zero-order valence-electron chi connectivity index (χ0n) is 10.6. The first-order valence-electron chi connectivity index (χ1n) is 6.18. The van der Waals surface area contributed by atoms with Crippen LogP contribution in [0, 0.1) is 12.7 Å². The van der Waals surface area contributed by atoms with Crippen LogP contribution in [0.2, 0.25) is 0 Å². The molecule has 0 spiro atoms. The molecule has 0 amide bonds. The molecule has 0 aliphatic heterocycles. The Balaban J connectivity index is 1.75. The highest BCUT2D eigenvalue weighted by Gasteiger charge is 2.00. The lowest BCUT2D eigenvalue weighted by molar-refractivity contribution is 0.617. The van der Waals surface area contributed by atoms with Crippen molar-refractivity contribution >= 4 is 27.1 Å². The van der Waals surface area contributed by atoms with Gasteiger partial charge in [-0.2, -0.15) is 0 Å². The number of hydrogen-bond acceptors (Lipinski definition) is 2. The molecule has 2 aromatic carbocycles. The Hall–Kier alpha value is -1.87. The topological polar surface area (TPSA) is 12.0 Å². The Labute approximate surface area is 115 Å². The fourth-order valence-corrected chi connectivity index (χ4v) is 2.87. The highest BCUT2D eigenvalue weighted by atomic mass is 32.1. The fourth-order valence-electron chi connectivity index (χ4n) is 2.10. The number of fused-ring (bicyclic) bond motifs is 1. The van der Waals surface area contributed by atoms with Crippen molar-refractivity contribution in [1.29, 1.82) is 0 Å². The SMILES string of the molecule is Cc1cc(CNc2ccc3sccc3c2)ccc1F. The van der Waals surface area contributed by atoms with Crippen molar-refractivity contribution in [1.82, 2.24) is 0 Å². The monoisotopic (exact) mass is 271 g/mol. The molecule has 0 saturated carbocycles. The van der Waals surface area contributed by atoms with Crippen molar-refractivity contribution < 1.29 is 4.39 Å². The molecule has 1 heterocycles. The first-order valence-corrected chi connectivity index (χ1v) is 7.06. The van der Waals surface area contributed by atoms with Crippen molar-refractivity contribution in [2.45, 2.75) is 13.5 Å². The number of nitrogens with one attached hydrogen (secondary N) is 1. The van der Waals surface area contributed by atoms with Crippen molar-refractivity contribution in [2.75, 3.05) is 5.32 Å². The number of hydrogen-bond donors (Lipinski definition) is 1. The van der Waals surface area contributed by atoms with E-state index in [4.69, 9.17) is 0 Å². The summed E-state index contributed by atoms with van der Waals surface area (Å²) in [5.41, 5.74) is 2.87. The summed E-state index contributed by atoms with van der Waals surface area (Å²) in [4.78, 5) is 0. The highest BCUT2D eigenvalue weighted by Crippen LogP contribution is 2.24. The summed E-state index contributed by atoms with van der Waals surface area (Å²) in [6.45, 7) is 2.49. The molecule has 96 valence electrons. The lowest BCUT2D eigenvalue weighted by Gasteiger charge is -2.08. The minimum absolute atomic E-state index is 0.150. The quantitative estimate of drug-likeness (QED) is 0.710. The van der Waals surface area contributed by atoms with Crippen LogP contribution in [0.25, 0.3) is 10.1 Å². The number of rotatable bonds is 3. The molecule has 19 heavy (non-hydrogen) atoms. The van der Waals surface area contributed by atoms with Crippen molar-refractivity contribution in [2.24, 2.45) is 0 Å². The van der Waals surface area contributed by atoms with Crippen LogP contribution >= 0.6 is 11.3 Å². The van der Waals surface area contributed by atoms with Crippen LogP contribution in [-0.2, 0) is 6.54 Å². The molecule has 1 aromatic heterocycles. The normalized spacial score (nSPS) is 10.8. The molecular weight excluding hydrogens is 257 g/mol. The van der Waals surface area contributed by atoms with Gasteiger partial charge in [0.25, 0.3) is 0 Å². The van der Waals surface area contributed by atoms with Crippen LogP contribution in [-0.4, -0.2) is 0 Å². The zero-order valence-corrected chi connectivity index (χ0v) is 11.4. The van der Waals surface area contributed by atoms with E-state index in [-0.39, 0.29) is 5.82 Å². The van der Waals surface area contributed by atoms with Gasteiger partial charge in [0.1, 0.15) is 5.82 Å². The summed E-state index contributed by atoms with van der Waals surface area (Å²) >= 11 is 1.74. The third-order valence-corrected chi connectivity index (χ3v) is 4.07. The van der Waals surface area contributed by atoms with E-state index < -0.39 is 0 Å². The Morgan fingerprint density at radius 1 is 1.11 bits per heavy atom. The first kappa shape index (κ1) is 12.2. The van der Waals surface area contributed by atoms with Gasteiger partial charge in [0.05, 0.1) is 0 Å². The fraction of sp³-hybridized carbons (Fsp3) is 0.125. The predicted molar refractivity (Wildman–Crippen MR) is 80.3 cm³/mol.